The fourth-order valence-corrected chi connectivity index (χ4v) is 4.36. The number of H-pyrrole nitrogens is 1. The third kappa shape index (κ3) is 3.74. The van der Waals surface area contributed by atoms with Gasteiger partial charge in [-0.3, -0.25) is 9.89 Å². The number of aromatic amines is 1. The minimum atomic E-state index is 0.0598. The van der Waals surface area contributed by atoms with Crippen molar-refractivity contribution in [2.24, 2.45) is 0 Å². The van der Waals surface area contributed by atoms with Gasteiger partial charge in [0.1, 0.15) is 0 Å². The van der Waals surface area contributed by atoms with Crippen molar-refractivity contribution in [3.63, 3.8) is 0 Å². The van der Waals surface area contributed by atoms with Crippen LogP contribution >= 0.6 is 11.3 Å². The Balaban J connectivity index is 1.31. The quantitative estimate of drug-likeness (QED) is 0.689. The lowest BCUT2D eigenvalue weighted by Gasteiger charge is -2.05. The highest BCUT2D eigenvalue weighted by molar-refractivity contribution is 7.18. The fourth-order valence-electron chi connectivity index (χ4n) is 3.39. The standard InChI is InChI=1S/C19H22N4OS/c24-18(10-11-19-21-15-8-4-5-9-17(15)25-19)20-12-16-13-6-2-1-3-7-14(13)22-23-16/h4-5,8-9H,1-3,6-7,10-12H2,(H,20,24)(H,22,23). The molecule has 0 bridgehead atoms. The van der Waals surface area contributed by atoms with Crippen molar-refractivity contribution in [1.82, 2.24) is 20.5 Å². The van der Waals surface area contributed by atoms with Crippen molar-refractivity contribution in [3.05, 3.63) is 46.2 Å². The molecule has 1 aliphatic carbocycles. The van der Waals surface area contributed by atoms with E-state index in [1.54, 1.807) is 11.3 Å². The number of hydrogen-bond donors (Lipinski definition) is 2. The Morgan fingerprint density at radius 3 is 3.00 bits per heavy atom. The molecule has 0 aliphatic heterocycles. The number of carbonyl (C=O) groups excluding carboxylic acids is 1. The first-order valence-corrected chi connectivity index (χ1v) is 9.77. The second kappa shape index (κ2) is 7.35. The molecule has 0 spiro atoms. The van der Waals surface area contributed by atoms with Crippen LogP contribution in [-0.2, 0) is 30.6 Å². The Kier molecular flexibility index (Phi) is 4.78. The molecule has 0 unspecified atom stereocenters. The SMILES string of the molecule is O=C(CCc1nc2ccccc2s1)NCc1n[nH]c2c1CCCCC2. The number of aromatic nitrogens is 3. The Hall–Kier alpha value is -2.21. The van der Waals surface area contributed by atoms with Crippen LogP contribution in [0.4, 0.5) is 0 Å². The maximum absolute atomic E-state index is 12.2. The molecule has 4 rings (SSSR count). The molecule has 2 heterocycles. The summed E-state index contributed by atoms with van der Waals surface area (Å²) < 4.78 is 1.18. The fraction of sp³-hybridized carbons (Fsp3) is 0.421. The average molecular weight is 354 g/mol. The number of aryl methyl sites for hydroxylation is 2. The number of carbonyl (C=O) groups is 1. The van der Waals surface area contributed by atoms with Crippen molar-refractivity contribution in [2.75, 3.05) is 0 Å². The van der Waals surface area contributed by atoms with E-state index in [0.717, 1.165) is 29.1 Å². The zero-order valence-electron chi connectivity index (χ0n) is 14.2. The molecular formula is C19H22N4OS. The first kappa shape index (κ1) is 16.3. The second-order valence-corrected chi connectivity index (χ2v) is 7.66. The predicted molar refractivity (Wildman–Crippen MR) is 99.6 cm³/mol. The summed E-state index contributed by atoms with van der Waals surface area (Å²) in [5.41, 5.74) is 4.60. The Labute approximate surface area is 150 Å². The zero-order chi connectivity index (χ0) is 17.1. The van der Waals surface area contributed by atoms with Crippen LogP contribution in [0.3, 0.4) is 0 Å². The lowest BCUT2D eigenvalue weighted by atomic mass is 10.1. The lowest BCUT2D eigenvalue weighted by Crippen LogP contribution is -2.23. The molecule has 5 nitrogen and oxygen atoms in total. The molecule has 1 amide bonds. The van der Waals surface area contributed by atoms with Gasteiger partial charge in [0, 0.05) is 18.5 Å². The van der Waals surface area contributed by atoms with Crippen molar-refractivity contribution in [1.29, 1.82) is 0 Å². The van der Waals surface area contributed by atoms with Gasteiger partial charge in [0.2, 0.25) is 5.91 Å². The molecule has 25 heavy (non-hydrogen) atoms. The van der Waals surface area contributed by atoms with Crippen molar-refractivity contribution >= 4 is 27.5 Å². The van der Waals surface area contributed by atoms with E-state index >= 15 is 0 Å². The van der Waals surface area contributed by atoms with Crippen LogP contribution in [0.25, 0.3) is 10.2 Å². The molecule has 130 valence electrons. The summed E-state index contributed by atoms with van der Waals surface area (Å²) in [5, 5.41) is 11.6. The van der Waals surface area contributed by atoms with Gasteiger partial charge in [-0.25, -0.2) is 4.98 Å². The van der Waals surface area contributed by atoms with E-state index in [0.29, 0.717) is 19.4 Å². The van der Waals surface area contributed by atoms with E-state index in [1.165, 1.54) is 35.2 Å². The number of hydrogen-bond acceptors (Lipinski definition) is 4. The molecule has 3 aromatic rings. The van der Waals surface area contributed by atoms with Gasteiger partial charge >= 0.3 is 0 Å². The molecular weight excluding hydrogens is 332 g/mol. The smallest absolute Gasteiger partial charge is 0.220 e. The van der Waals surface area contributed by atoms with Gasteiger partial charge in [0.25, 0.3) is 0 Å². The number of benzene rings is 1. The summed E-state index contributed by atoms with van der Waals surface area (Å²) in [6.45, 7) is 0.518. The van der Waals surface area contributed by atoms with Gasteiger partial charge in [-0.05, 0) is 43.4 Å². The molecule has 1 aliphatic rings. The summed E-state index contributed by atoms with van der Waals surface area (Å²) >= 11 is 1.67. The first-order valence-electron chi connectivity index (χ1n) is 8.96. The van der Waals surface area contributed by atoms with Crippen LogP contribution < -0.4 is 5.32 Å². The number of amides is 1. The maximum Gasteiger partial charge on any atom is 0.220 e. The van der Waals surface area contributed by atoms with Crippen molar-refractivity contribution in [3.8, 4) is 0 Å². The topological polar surface area (TPSA) is 70.7 Å². The minimum absolute atomic E-state index is 0.0598. The number of fused-ring (bicyclic) bond motifs is 2. The largest absolute Gasteiger partial charge is 0.350 e. The monoisotopic (exact) mass is 354 g/mol. The Bertz CT molecular complexity index is 850. The molecule has 1 aromatic carbocycles. The van der Waals surface area contributed by atoms with Crippen molar-refractivity contribution < 1.29 is 4.79 Å². The minimum Gasteiger partial charge on any atom is -0.350 e. The molecule has 2 N–H and O–H groups in total. The maximum atomic E-state index is 12.2. The lowest BCUT2D eigenvalue weighted by molar-refractivity contribution is -0.121. The van der Waals surface area contributed by atoms with Gasteiger partial charge in [-0.1, -0.05) is 18.6 Å². The van der Waals surface area contributed by atoms with Crippen LogP contribution in [0, 0.1) is 0 Å². The summed E-state index contributed by atoms with van der Waals surface area (Å²) in [7, 11) is 0. The summed E-state index contributed by atoms with van der Waals surface area (Å²) in [5.74, 6) is 0.0598. The highest BCUT2D eigenvalue weighted by Crippen LogP contribution is 2.23. The van der Waals surface area contributed by atoms with Crippen LogP contribution in [0.5, 0.6) is 0 Å². The third-order valence-electron chi connectivity index (χ3n) is 4.75. The molecule has 0 saturated heterocycles. The molecule has 0 atom stereocenters. The highest BCUT2D eigenvalue weighted by atomic mass is 32.1. The summed E-state index contributed by atoms with van der Waals surface area (Å²) in [6, 6.07) is 8.09. The van der Waals surface area contributed by atoms with Gasteiger partial charge < -0.3 is 5.32 Å². The van der Waals surface area contributed by atoms with Gasteiger partial charge in [0.15, 0.2) is 0 Å². The van der Waals surface area contributed by atoms with E-state index in [4.69, 9.17) is 0 Å². The molecule has 0 saturated carbocycles. The molecule has 0 radical (unpaired) electrons. The van der Waals surface area contributed by atoms with Gasteiger partial charge in [-0.2, -0.15) is 5.10 Å². The van der Waals surface area contributed by atoms with Gasteiger partial charge in [0.05, 0.1) is 27.5 Å². The Morgan fingerprint density at radius 2 is 2.08 bits per heavy atom. The van der Waals surface area contributed by atoms with Gasteiger partial charge in [-0.15, -0.1) is 11.3 Å². The summed E-state index contributed by atoms with van der Waals surface area (Å²) in [6.07, 6.45) is 7.01. The predicted octanol–water partition coefficient (Wildman–Crippen LogP) is 3.54. The van der Waals surface area contributed by atoms with E-state index in [9.17, 15) is 4.79 Å². The van der Waals surface area contributed by atoms with Crippen LogP contribution in [0.15, 0.2) is 24.3 Å². The van der Waals surface area contributed by atoms with E-state index in [1.807, 2.05) is 18.2 Å². The average Bonchev–Trinajstić information content (AvgIpc) is 3.14. The third-order valence-corrected chi connectivity index (χ3v) is 5.85. The Morgan fingerprint density at radius 1 is 1.20 bits per heavy atom. The summed E-state index contributed by atoms with van der Waals surface area (Å²) in [4.78, 5) is 16.8. The zero-order valence-corrected chi connectivity index (χ0v) is 15.0. The molecule has 0 fully saturated rings. The van der Waals surface area contributed by atoms with Crippen LogP contribution in [0.1, 0.15) is 47.6 Å². The number of nitrogens with one attached hydrogen (secondary N) is 2. The van der Waals surface area contributed by atoms with Crippen LogP contribution in [-0.4, -0.2) is 21.1 Å². The van der Waals surface area contributed by atoms with E-state index in [2.05, 4.69) is 26.6 Å². The number of para-hydroxylation sites is 1. The first-order chi connectivity index (χ1) is 12.3. The van der Waals surface area contributed by atoms with E-state index < -0.39 is 0 Å². The number of thiazole rings is 1. The van der Waals surface area contributed by atoms with E-state index in [-0.39, 0.29) is 5.91 Å². The van der Waals surface area contributed by atoms with Crippen molar-refractivity contribution in [2.45, 2.75) is 51.5 Å². The molecule has 2 aromatic heterocycles. The second-order valence-electron chi connectivity index (χ2n) is 6.54. The number of nitrogens with zero attached hydrogens (tertiary/aromatic N) is 2. The normalized spacial score (nSPS) is 14.2. The number of rotatable bonds is 5. The van der Waals surface area contributed by atoms with Crippen LogP contribution in [0.2, 0.25) is 0 Å². The highest BCUT2D eigenvalue weighted by Gasteiger charge is 2.16. The molecule has 6 heteroatoms.